The molecule has 4 nitrogen and oxygen atoms in total. The summed E-state index contributed by atoms with van der Waals surface area (Å²) in [6.45, 7) is 6.92. The van der Waals surface area contributed by atoms with Gasteiger partial charge in [-0.3, -0.25) is 0 Å². The van der Waals surface area contributed by atoms with Crippen molar-refractivity contribution in [3.05, 3.63) is 0 Å². The van der Waals surface area contributed by atoms with E-state index in [9.17, 15) is 8.42 Å². The molecule has 0 aromatic carbocycles. The average molecular weight is 194 g/mol. The van der Waals surface area contributed by atoms with Gasteiger partial charge < -0.3 is 0 Å². The van der Waals surface area contributed by atoms with Crippen LogP contribution in [0.2, 0.25) is 0 Å². The molecule has 5 heteroatoms. The van der Waals surface area contributed by atoms with Crippen LogP contribution in [0.3, 0.4) is 0 Å². The van der Waals surface area contributed by atoms with Gasteiger partial charge in [-0.1, -0.05) is 0 Å². The Balaban J connectivity index is 2.96. The molecular formula is C7H14O4S. The molecule has 1 saturated heterocycles. The zero-order valence-corrected chi connectivity index (χ0v) is 8.56. The maximum atomic E-state index is 11.0. The van der Waals surface area contributed by atoms with E-state index in [4.69, 9.17) is 8.37 Å². The van der Waals surface area contributed by atoms with Gasteiger partial charge in [0.05, 0.1) is 11.2 Å². The van der Waals surface area contributed by atoms with Crippen molar-refractivity contribution in [1.82, 2.24) is 0 Å². The fraction of sp³-hybridized carbons (Fsp3) is 1.00. The molecule has 0 aliphatic carbocycles. The molecule has 0 saturated carbocycles. The molecule has 1 aliphatic rings. The summed E-state index contributed by atoms with van der Waals surface area (Å²) < 4.78 is 31.6. The van der Waals surface area contributed by atoms with Crippen molar-refractivity contribution < 1.29 is 16.8 Å². The first-order valence-electron chi connectivity index (χ1n) is 3.78. The van der Waals surface area contributed by atoms with Crippen molar-refractivity contribution in [1.29, 1.82) is 0 Å². The maximum absolute atomic E-state index is 11.0. The van der Waals surface area contributed by atoms with Crippen LogP contribution in [0.4, 0.5) is 0 Å². The largest absolute Gasteiger partial charge is 0.400 e. The van der Waals surface area contributed by atoms with Crippen molar-refractivity contribution in [2.45, 2.75) is 45.3 Å². The summed E-state index contributed by atoms with van der Waals surface area (Å²) in [4.78, 5) is 0. The molecule has 0 aromatic heterocycles. The first-order valence-corrected chi connectivity index (χ1v) is 5.12. The van der Waals surface area contributed by atoms with Crippen LogP contribution < -0.4 is 0 Å². The molecule has 0 bridgehead atoms. The summed E-state index contributed by atoms with van der Waals surface area (Å²) in [5.74, 6) is 0. The summed E-state index contributed by atoms with van der Waals surface area (Å²) in [6, 6.07) is 0. The molecule has 1 rings (SSSR count). The highest BCUT2D eigenvalue weighted by Gasteiger charge is 2.43. The zero-order chi connectivity index (χ0) is 9.62. The van der Waals surface area contributed by atoms with Crippen LogP contribution in [0.25, 0.3) is 0 Å². The normalized spacial score (nSPS) is 31.3. The molecule has 0 atom stereocenters. The van der Waals surface area contributed by atoms with Crippen LogP contribution in [-0.4, -0.2) is 19.6 Å². The van der Waals surface area contributed by atoms with Crippen molar-refractivity contribution >= 4 is 10.4 Å². The highest BCUT2D eigenvalue weighted by Crippen LogP contribution is 2.34. The van der Waals surface area contributed by atoms with Gasteiger partial charge in [0.1, 0.15) is 0 Å². The maximum Gasteiger partial charge on any atom is 0.400 e. The molecule has 0 amide bonds. The fourth-order valence-electron chi connectivity index (χ4n) is 1.65. The summed E-state index contributed by atoms with van der Waals surface area (Å²) in [5, 5.41) is 0. The van der Waals surface area contributed by atoms with Gasteiger partial charge in [0, 0.05) is 6.42 Å². The predicted molar refractivity (Wildman–Crippen MR) is 43.9 cm³/mol. The van der Waals surface area contributed by atoms with Crippen LogP contribution in [0.15, 0.2) is 0 Å². The van der Waals surface area contributed by atoms with E-state index in [0.29, 0.717) is 6.42 Å². The van der Waals surface area contributed by atoms with Crippen molar-refractivity contribution in [3.8, 4) is 0 Å². The van der Waals surface area contributed by atoms with Gasteiger partial charge >= 0.3 is 10.4 Å². The highest BCUT2D eigenvalue weighted by molar-refractivity contribution is 7.82. The van der Waals surface area contributed by atoms with E-state index in [0.717, 1.165) is 0 Å². The van der Waals surface area contributed by atoms with Gasteiger partial charge in [-0.15, -0.1) is 0 Å². The SMILES string of the molecule is CC1(C)CC(C)(C)OS(=O)(=O)O1. The third-order valence-corrected chi connectivity index (χ3v) is 2.82. The van der Waals surface area contributed by atoms with Crippen molar-refractivity contribution in [2.75, 3.05) is 0 Å². The first-order chi connectivity index (χ1) is 5.12. The Morgan fingerprint density at radius 3 is 1.58 bits per heavy atom. The van der Waals surface area contributed by atoms with Gasteiger partial charge in [-0.05, 0) is 27.7 Å². The van der Waals surface area contributed by atoms with E-state index in [1.807, 2.05) is 0 Å². The topological polar surface area (TPSA) is 52.6 Å². The average Bonchev–Trinajstić information content (AvgIpc) is 1.44. The highest BCUT2D eigenvalue weighted by atomic mass is 32.3. The lowest BCUT2D eigenvalue weighted by Crippen LogP contribution is -2.46. The van der Waals surface area contributed by atoms with E-state index >= 15 is 0 Å². The molecular weight excluding hydrogens is 180 g/mol. The molecule has 0 unspecified atom stereocenters. The zero-order valence-electron chi connectivity index (χ0n) is 7.75. The Morgan fingerprint density at radius 2 is 1.33 bits per heavy atom. The van der Waals surface area contributed by atoms with E-state index < -0.39 is 21.6 Å². The lowest BCUT2D eigenvalue weighted by molar-refractivity contribution is -0.0524. The lowest BCUT2D eigenvalue weighted by atomic mass is 9.93. The molecule has 1 fully saturated rings. The minimum atomic E-state index is -3.80. The smallest absolute Gasteiger partial charge is 0.242 e. The summed E-state index contributed by atoms with van der Waals surface area (Å²) >= 11 is 0. The van der Waals surface area contributed by atoms with Gasteiger partial charge in [0.15, 0.2) is 0 Å². The standard InChI is InChI=1S/C7H14O4S/c1-6(2)5-7(3,4)11-12(8,9)10-6/h5H2,1-4H3. The van der Waals surface area contributed by atoms with Crippen LogP contribution in [0.1, 0.15) is 34.1 Å². The molecule has 1 heterocycles. The Bertz CT molecular complexity index is 254. The molecule has 0 aromatic rings. The molecule has 12 heavy (non-hydrogen) atoms. The van der Waals surface area contributed by atoms with E-state index in [2.05, 4.69) is 0 Å². The number of rotatable bonds is 0. The Hall–Kier alpha value is -0.130. The van der Waals surface area contributed by atoms with Crippen LogP contribution in [0, 0.1) is 0 Å². The molecule has 0 spiro atoms. The minimum Gasteiger partial charge on any atom is -0.242 e. The van der Waals surface area contributed by atoms with Crippen LogP contribution in [-0.2, 0) is 18.8 Å². The fourth-order valence-corrected chi connectivity index (χ4v) is 2.91. The predicted octanol–water partition coefficient (Wildman–Crippen LogP) is 1.23. The van der Waals surface area contributed by atoms with E-state index in [1.54, 1.807) is 27.7 Å². The van der Waals surface area contributed by atoms with Crippen LogP contribution in [0.5, 0.6) is 0 Å². The molecule has 72 valence electrons. The van der Waals surface area contributed by atoms with E-state index in [-0.39, 0.29) is 0 Å². The van der Waals surface area contributed by atoms with E-state index in [1.165, 1.54) is 0 Å². The summed E-state index contributed by atoms with van der Waals surface area (Å²) in [6.07, 6.45) is 0.555. The molecule has 0 radical (unpaired) electrons. The Kier molecular flexibility index (Phi) is 2.02. The van der Waals surface area contributed by atoms with Gasteiger partial charge in [0.2, 0.25) is 0 Å². The number of hydrogen-bond acceptors (Lipinski definition) is 4. The third kappa shape index (κ3) is 2.43. The first kappa shape index (κ1) is 9.95. The van der Waals surface area contributed by atoms with Crippen molar-refractivity contribution in [2.24, 2.45) is 0 Å². The molecule has 1 aliphatic heterocycles. The van der Waals surface area contributed by atoms with Gasteiger partial charge in [-0.2, -0.15) is 8.42 Å². The lowest BCUT2D eigenvalue weighted by Gasteiger charge is -2.38. The van der Waals surface area contributed by atoms with Crippen LogP contribution >= 0.6 is 0 Å². The summed E-state index contributed by atoms with van der Waals surface area (Å²) in [7, 11) is -3.80. The van der Waals surface area contributed by atoms with Gasteiger partial charge in [-0.25, -0.2) is 8.37 Å². The third-order valence-electron chi connectivity index (χ3n) is 1.51. The summed E-state index contributed by atoms with van der Waals surface area (Å²) in [5.41, 5.74) is -1.33. The monoisotopic (exact) mass is 194 g/mol. The quantitative estimate of drug-likeness (QED) is 0.582. The molecule has 0 N–H and O–H groups in total. The Labute approximate surface area is 73.2 Å². The number of hydrogen-bond donors (Lipinski definition) is 0. The minimum absolute atomic E-state index is 0.555. The van der Waals surface area contributed by atoms with Crippen molar-refractivity contribution in [3.63, 3.8) is 0 Å². The second-order valence-corrected chi connectivity index (χ2v) is 5.42. The second-order valence-electron chi connectivity index (χ2n) is 4.27. The van der Waals surface area contributed by atoms with Gasteiger partial charge in [0.25, 0.3) is 0 Å². The second kappa shape index (κ2) is 2.43. The Morgan fingerprint density at radius 1 is 1.00 bits per heavy atom.